The Hall–Kier alpha value is -2.27. The van der Waals surface area contributed by atoms with E-state index >= 15 is 0 Å². The number of nitrogens with zero attached hydrogens (tertiary/aromatic N) is 4. The molecule has 5 heteroatoms. The quantitative estimate of drug-likeness (QED) is 0.719. The Kier molecular flexibility index (Phi) is 2.97. The van der Waals surface area contributed by atoms with Crippen LogP contribution in [0.25, 0.3) is 22.3 Å². The van der Waals surface area contributed by atoms with Crippen LogP contribution < -0.4 is 0 Å². The maximum Gasteiger partial charge on any atom is 0.181 e. The Balaban J connectivity index is 2.06. The molecule has 0 atom stereocenters. The largest absolute Gasteiger partial charge is 0.377 e. The van der Waals surface area contributed by atoms with Crippen molar-refractivity contribution in [3.05, 3.63) is 42.4 Å². The molecular formula is C14H14N4O. The molecule has 0 saturated heterocycles. The minimum absolute atomic E-state index is 0.457. The van der Waals surface area contributed by atoms with E-state index in [4.69, 9.17) is 4.74 Å². The number of benzene rings is 1. The average Bonchev–Trinajstić information content (AvgIpc) is 2.80. The van der Waals surface area contributed by atoms with Crippen molar-refractivity contribution in [2.45, 2.75) is 6.61 Å². The third-order valence-corrected chi connectivity index (χ3v) is 2.99. The van der Waals surface area contributed by atoms with E-state index in [1.54, 1.807) is 18.0 Å². The first-order chi connectivity index (χ1) is 9.28. The zero-order chi connectivity index (χ0) is 13.2. The van der Waals surface area contributed by atoms with Gasteiger partial charge in [0.2, 0.25) is 0 Å². The summed E-state index contributed by atoms with van der Waals surface area (Å²) in [6.45, 7) is 0.457. The highest BCUT2D eigenvalue weighted by Gasteiger charge is 2.09. The van der Waals surface area contributed by atoms with E-state index in [0.29, 0.717) is 12.4 Å². The number of fused-ring (bicyclic) bond motifs is 1. The van der Waals surface area contributed by atoms with Crippen LogP contribution in [0.5, 0.6) is 0 Å². The fourth-order valence-electron chi connectivity index (χ4n) is 2.01. The van der Waals surface area contributed by atoms with Gasteiger partial charge in [0.1, 0.15) is 6.61 Å². The van der Waals surface area contributed by atoms with Crippen molar-refractivity contribution in [1.82, 2.24) is 19.7 Å². The summed E-state index contributed by atoms with van der Waals surface area (Å²) in [6.07, 6.45) is 1.79. The summed E-state index contributed by atoms with van der Waals surface area (Å²) in [5.41, 5.74) is 1.96. The lowest BCUT2D eigenvalue weighted by molar-refractivity contribution is 0.174. The molecule has 0 bridgehead atoms. The first-order valence-corrected chi connectivity index (χ1v) is 6.02. The monoisotopic (exact) mass is 254 g/mol. The van der Waals surface area contributed by atoms with Crippen LogP contribution in [-0.4, -0.2) is 26.9 Å². The second kappa shape index (κ2) is 4.78. The van der Waals surface area contributed by atoms with Crippen LogP contribution >= 0.6 is 0 Å². The van der Waals surface area contributed by atoms with Gasteiger partial charge >= 0.3 is 0 Å². The molecule has 0 fully saturated rings. The third-order valence-electron chi connectivity index (χ3n) is 2.99. The van der Waals surface area contributed by atoms with E-state index in [1.807, 2.05) is 37.4 Å². The lowest BCUT2D eigenvalue weighted by Gasteiger charge is -1.98. The number of aryl methyl sites for hydroxylation is 1. The summed E-state index contributed by atoms with van der Waals surface area (Å²) in [5, 5.41) is 5.50. The predicted molar refractivity (Wildman–Crippen MR) is 72.5 cm³/mol. The van der Waals surface area contributed by atoms with Gasteiger partial charge < -0.3 is 4.74 Å². The summed E-state index contributed by atoms with van der Waals surface area (Å²) >= 11 is 0. The molecule has 0 radical (unpaired) electrons. The van der Waals surface area contributed by atoms with Gasteiger partial charge in [0.15, 0.2) is 11.6 Å². The van der Waals surface area contributed by atoms with E-state index in [9.17, 15) is 0 Å². The van der Waals surface area contributed by atoms with E-state index < -0.39 is 0 Å². The first kappa shape index (κ1) is 11.8. The topological polar surface area (TPSA) is 52.8 Å². The SMILES string of the molecule is COCc1nc(-c2ccc3ncccc3c2)nn1C. The van der Waals surface area contributed by atoms with Crippen molar-refractivity contribution in [1.29, 1.82) is 0 Å². The van der Waals surface area contributed by atoms with Crippen LogP contribution in [0.1, 0.15) is 5.82 Å². The zero-order valence-corrected chi connectivity index (χ0v) is 10.9. The molecule has 0 spiro atoms. The van der Waals surface area contributed by atoms with Gasteiger partial charge in [0.25, 0.3) is 0 Å². The highest BCUT2D eigenvalue weighted by molar-refractivity contribution is 5.82. The molecule has 0 aliphatic heterocycles. The van der Waals surface area contributed by atoms with Crippen LogP contribution in [0.15, 0.2) is 36.5 Å². The van der Waals surface area contributed by atoms with Crippen LogP contribution in [0, 0.1) is 0 Å². The minimum Gasteiger partial charge on any atom is -0.377 e. The highest BCUT2D eigenvalue weighted by atomic mass is 16.5. The van der Waals surface area contributed by atoms with Gasteiger partial charge in [-0.25, -0.2) is 4.98 Å². The van der Waals surface area contributed by atoms with Crippen LogP contribution in [0.2, 0.25) is 0 Å². The summed E-state index contributed by atoms with van der Waals surface area (Å²) in [4.78, 5) is 8.79. The van der Waals surface area contributed by atoms with Gasteiger partial charge in [0.05, 0.1) is 5.52 Å². The fraction of sp³-hybridized carbons (Fsp3) is 0.214. The van der Waals surface area contributed by atoms with Gasteiger partial charge in [-0.05, 0) is 24.3 Å². The average molecular weight is 254 g/mol. The van der Waals surface area contributed by atoms with Gasteiger partial charge in [-0.15, -0.1) is 0 Å². The maximum atomic E-state index is 5.09. The molecule has 2 aromatic heterocycles. The van der Waals surface area contributed by atoms with Crippen molar-refractivity contribution in [3.63, 3.8) is 0 Å². The van der Waals surface area contributed by atoms with Gasteiger partial charge in [-0.3, -0.25) is 9.67 Å². The molecular weight excluding hydrogens is 240 g/mol. The lowest BCUT2D eigenvalue weighted by atomic mass is 10.1. The smallest absolute Gasteiger partial charge is 0.181 e. The van der Waals surface area contributed by atoms with Crippen LogP contribution in [0.4, 0.5) is 0 Å². The molecule has 1 aromatic carbocycles. The van der Waals surface area contributed by atoms with Gasteiger partial charge in [-0.2, -0.15) is 5.10 Å². The summed E-state index contributed by atoms with van der Waals surface area (Å²) < 4.78 is 6.84. The normalized spacial score (nSPS) is 11.1. The fourth-order valence-corrected chi connectivity index (χ4v) is 2.01. The standard InChI is InChI=1S/C14H14N4O/c1-18-13(9-19-2)16-14(17-18)11-5-6-12-10(8-11)4-3-7-15-12/h3-8H,9H2,1-2H3. The van der Waals surface area contributed by atoms with E-state index in [2.05, 4.69) is 15.1 Å². The highest BCUT2D eigenvalue weighted by Crippen LogP contribution is 2.21. The summed E-state index contributed by atoms with van der Waals surface area (Å²) in [5.74, 6) is 1.52. The van der Waals surface area contributed by atoms with E-state index in [1.165, 1.54) is 0 Å². The van der Waals surface area contributed by atoms with E-state index in [-0.39, 0.29) is 0 Å². The predicted octanol–water partition coefficient (Wildman–Crippen LogP) is 2.18. The molecule has 19 heavy (non-hydrogen) atoms. The molecule has 0 amide bonds. The molecule has 0 aliphatic carbocycles. The lowest BCUT2D eigenvalue weighted by Crippen LogP contribution is -2.00. The number of methoxy groups -OCH3 is 1. The Morgan fingerprint density at radius 3 is 3.00 bits per heavy atom. The molecule has 0 saturated carbocycles. The number of pyridine rings is 1. The first-order valence-electron chi connectivity index (χ1n) is 6.02. The number of hydrogen-bond acceptors (Lipinski definition) is 4. The van der Waals surface area contributed by atoms with Crippen molar-refractivity contribution in [2.24, 2.45) is 7.05 Å². The Morgan fingerprint density at radius 2 is 2.16 bits per heavy atom. The Labute approximate surface area is 110 Å². The molecule has 5 nitrogen and oxygen atoms in total. The summed E-state index contributed by atoms with van der Waals surface area (Å²) in [7, 11) is 3.52. The number of hydrogen-bond donors (Lipinski definition) is 0. The Morgan fingerprint density at radius 1 is 1.26 bits per heavy atom. The second-order valence-corrected chi connectivity index (χ2v) is 4.32. The van der Waals surface area contributed by atoms with Crippen LogP contribution in [0.3, 0.4) is 0 Å². The summed E-state index contributed by atoms with van der Waals surface area (Å²) in [6, 6.07) is 9.98. The van der Waals surface area contributed by atoms with E-state index in [0.717, 1.165) is 22.3 Å². The molecule has 0 aliphatic rings. The molecule has 0 unspecified atom stereocenters. The molecule has 0 N–H and O–H groups in total. The third kappa shape index (κ3) is 2.20. The molecule has 96 valence electrons. The number of rotatable bonds is 3. The van der Waals surface area contributed by atoms with Crippen LogP contribution in [-0.2, 0) is 18.4 Å². The maximum absolute atomic E-state index is 5.09. The van der Waals surface area contributed by atoms with Crippen molar-refractivity contribution >= 4 is 10.9 Å². The van der Waals surface area contributed by atoms with Crippen molar-refractivity contribution in [3.8, 4) is 11.4 Å². The number of aromatic nitrogens is 4. The Bertz CT molecular complexity index is 720. The number of ether oxygens (including phenoxy) is 1. The zero-order valence-electron chi connectivity index (χ0n) is 10.9. The second-order valence-electron chi connectivity index (χ2n) is 4.32. The minimum atomic E-state index is 0.457. The van der Waals surface area contributed by atoms with Crippen molar-refractivity contribution < 1.29 is 4.74 Å². The molecule has 3 rings (SSSR count). The van der Waals surface area contributed by atoms with Gasteiger partial charge in [-0.1, -0.05) is 6.07 Å². The van der Waals surface area contributed by atoms with Crippen molar-refractivity contribution in [2.75, 3.05) is 7.11 Å². The molecule has 3 aromatic rings. The van der Waals surface area contributed by atoms with Gasteiger partial charge in [0, 0.05) is 31.3 Å². The molecule has 2 heterocycles.